The highest BCUT2D eigenvalue weighted by Gasteiger charge is 2.22. The Kier molecular flexibility index (Phi) is 2.40. The lowest BCUT2D eigenvalue weighted by Gasteiger charge is -2.19. The first-order valence-corrected chi connectivity index (χ1v) is 3.66. The fourth-order valence-electron chi connectivity index (χ4n) is 1.05. The smallest absolute Gasteiger partial charge is 0.291 e. The van der Waals surface area contributed by atoms with Crippen LogP contribution in [-0.2, 0) is 6.61 Å². The number of nitro groups is 1. The number of nitro benzene ring substituents is 1. The summed E-state index contributed by atoms with van der Waals surface area (Å²) in [5.41, 5.74) is 0.820. The molecule has 0 saturated heterocycles. The zero-order valence-electron chi connectivity index (χ0n) is 6.62. The van der Waals surface area contributed by atoms with Crippen molar-refractivity contribution < 1.29 is 9.66 Å². The third kappa shape index (κ3) is 1.43. The topological polar surface area (TPSA) is 87.4 Å². The number of hydrogen-bond donors (Lipinski definition) is 1. The standard InChI is InChI=1S/C7H4ClNO3.H3N/c8-5-1-4-3-12-7(4)2-6(5)9(10)11;/h1-2H,3H2;1H3. The first-order chi connectivity index (χ1) is 5.68. The van der Waals surface area contributed by atoms with E-state index in [9.17, 15) is 10.1 Å². The van der Waals surface area contributed by atoms with Crippen molar-refractivity contribution in [2.45, 2.75) is 6.61 Å². The fraction of sp³-hybridized carbons (Fsp3) is 0.143. The highest BCUT2D eigenvalue weighted by Crippen LogP contribution is 2.37. The van der Waals surface area contributed by atoms with E-state index in [4.69, 9.17) is 16.3 Å². The van der Waals surface area contributed by atoms with Crippen molar-refractivity contribution in [3.8, 4) is 5.75 Å². The fourth-order valence-corrected chi connectivity index (χ4v) is 1.30. The molecule has 1 aliphatic heterocycles. The maximum atomic E-state index is 10.4. The summed E-state index contributed by atoms with van der Waals surface area (Å²) in [6.45, 7) is 0.493. The minimum atomic E-state index is -0.524. The van der Waals surface area contributed by atoms with Crippen LogP contribution in [0.5, 0.6) is 5.75 Å². The van der Waals surface area contributed by atoms with Crippen LogP contribution in [0.1, 0.15) is 5.56 Å². The molecule has 6 heteroatoms. The van der Waals surface area contributed by atoms with E-state index in [1.54, 1.807) is 6.07 Å². The number of ether oxygens (including phenoxy) is 1. The van der Waals surface area contributed by atoms with E-state index in [1.807, 2.05) is 0 Å². The Bertz CT molecular complexity index is 367. The molecule has 2 rings (SSSR count). The summed E-state index contributed by atoms with van der Waals surface area (Å²) in [5.74, 6) is 0.561. The van der Waals surface area contributed by atoms with Crippen LogP contribution in [0.3, 0.4) is 0 Å². The van der Waals surface area contributed by atoms with Crippen LogP contribution in [0.4, 0.5) is 5.69 Å². The van der Waals surface area contributed by atoms with Crippen molar-refractivity contribution in [3.05, 3.63) is 32.8 Å². The van der Waals surface area contributed by atoms with Crippen LogP contribution in [0, 0.1) is 10.1 Å². The van der Waals surface area contributed by atoms with Gasteiger partial charge in [0.25, 0.3) is 5.69 Å². The highest BCUT2D eigenvalue weighted by molar-refractivity contribution is 6.32. The second-order valence-corrected chi connectivity index (χ2v) is 2.86. The van der Waals surface area contributed by atoms with E-state index in [1.165, 1.54) is 6.07 Å². The molecular formula is C7H7ClN2O3. The maximum Gasteiger partial charge on any atom is 0.291 e. The molecule has 70 valence electrons. The van der Waals surface area contributed by atoms with Crippen LogP contribution in [0.2, 0.25) is 5.02 Å². The largest absolute Gasteiger partial charge is 0.488 e. The monoisotopic (exact) mass is 202 g/mol. The third-order valence-corrected chi connectivity index (χ3v) is 2.01. The first kappa shape index (κ1) is 9.76. The zero-order valence-corrected chi connectivity index (χ0v) is 7.37. The molecule has 0 amide bonds. The van der Waals surface area contributed by atoms with Gasteiger partial charge < -0.3 is 10.9 Å². The van der Waals surface area contributed by atoms with E-state index >= 15 is 0 Å². The summed E-state index contributed by atoms with van der Waals surface area (Å²) < 4.78 is 4.96. The van der Waals surface area contributed by atoms with Crippen LogP contribution in [0.25, 0.3) is 0 Å². The lowest BCUT2D eigenvalue weighted by atomic mass is 10.1. The number of halogens is 1. The average Bonchev–Trinajstić information content (AvgIpc) is 1.96. The molecule has 1 aromatic carbocycles. The van der Waals surface area contributed by atoms with Crippen molar-refractivity contribution in [2.24, 2.45) is 0 Å². The molecule has 1 aromatic rings. The molecule has 0 bridgehead atoms. The number of hydrogen-bond acceptors (Lipinski definition) is 4. The van der Waals surface area contributed by atoms with Crippen LogP contribution < -0.4 is 10.9 Å². The number of nitrogens with zero attached hydrogens (tertiary/aromatic N) is 1. The van der Waals surface area contributed by atoms with Crippen molar-refractivity contribution >= 4 is 17.3 Å². The van der Waals surface area contributed by atoms with Crippen molar-refractivity contribution in [2.75, 3.05) is 0 Å². The third-order valence-electron chi connectivity index (χ3n) is 1.71. The van der Waals surface area contributed by atoms with Gasteiger partial charge in [-0.1, -0.05) is 11.6 Å². The van der Waals surface area contributed by atoms with Gasteiger partial charge in [-0.3, -0.25) is 10.1 Å². The van der Waals surface area contributed by atoms with Gasteiger partial charge in [0.15, 0.2) is 0 Å². The number of rotatable bonds is 1. The molecule has 13 heavy (non-hydrogen) atoms. The molecule has 3 N–H and O–H groups in total. The molecule has 1 heterocycles. The molecule has 1 aliphatic rings. The van der Waals surface area contributed by atoms with Gasteiger partial charge in [0, 0.05) is 5.56 Å². The maximum absolute atomic E-state index is 10.4. The van der Waals surface area contributed by atoms with Gasteiger partial charge in [-0.25, -0.2) is 0 Å². The molecule has 5 nitrogen and oxygen atoms in total. The summed E-state index contributed by atoms with van der Waals surface area (Å²) in [6, 6.07) is 2.92. The van der Waals surface area contributed by atoms with E-state index in [0.29, 0.717) is 12.4 Å². The van der Waals surface area contributed by atoms with Crippen LogP contribution in [0.15, 0.2) is 12.1 Å². The molecule has 0 unspecified atom stereocenters. The summed E-state index contributed by atoms with van der Waals surface area (Å²) in [5, 5.41) is 10.5. The Morgan fingerprint density at radius 3 is 2.69 bits per heavy atom. The molecule has 0 spiro atoms. The molecule has 0 fully saturated rings. The summed E-state index contributed by atoms with van der Waals surface area (Å²) in [6.07, 6.45) is 0. The zero-order chi connectivity index (χ0) is 8.72. The van der Waals surface area contributed by atoms with Gasteiger partial charge in [-0.15, -0.1) is 0 Å². The number of benzene rings is 1. The average molecular weight is 203 g/mol. The highest BCUT2D eigenvalue weighted by atomic mass is 35.5. The van der Waals surface area contributed by atoms with E-state index in [0.717, 1.165) is 5.56 Å². The van der Waals surface area contributed by atoms with Crippen LogP contribution >= 0.6 is 11.6 Å². The van der Waals surface area contributed by atoms with Gasteiger partial charge in [0.05, 0.1) is 11.0 Å². The number of fused-ring (bicyclic) bond motifs is 1. The summed E-state index contributed by atoms with van der Waals surface area (Å²) in [7, 11) is 0. The molecule has 0 aromatic heterocycles. The summed E-state index contributed by atoms with van der Waals surface area (Å²) >= 11 is 5.63. The molecular weight excluding hydrogens is 196 g/mol. The van der Waals surface area contributed by atoms with Crippen molar-refractivity contribution in [1.82, 2.24) is 6.15 Å². The predicted molar refractivity (Wildman–Crippen MR) is 47.5 cm³/mol. The van der Waals surface area contributed by atoms with Crippen molar-refractivity contribution in [3.63, 3.8) is 0 Å². The van der Waals surface area contributed by atoms with Gasteiger partial charge in [-0.2, -0.15) is 0 Å². The van der Waals surface area contributed by atoms with Crippen LogP contribution in [-0.4, -0.2) is 4.92 Å². The summed E-state index contributed by atoms with van der Waals surface area (Å²) in [4.78, 5) is 9.85. The SMILES string of the molecule is N.O=[N+]([O-])c1cc2c(cc1Cl)CO2. The quantitative estimate of drug-likeness (QED) is 0.559. The normalized spacial score (nSPS) is 11.8. The second-order valence-electron chi connectivity index (χ2n) is 2.46. The van der Waals surface area contributed by atoms with Gasteiger partial charge in [0.2, 0.25) is 0 Å². The van der Waals surface area contributed by atoms with Crippen molar-refractivity contribution in [1.29, 1.82) is 0 Å². The minimum absolute atomic E-state index is 0. The Morgan fingerprint density at radius 2 is 2.23 bits per heavy atom. The molecule has 0 radical (unpaired) electrons. The molecule has 0 atom stereocenters. The van der Waals surface area contributed by atoms with Gasteiger partial charge in [0.1, 0.15) is 17.4 Å². The van der Waals surface area contributed by atoms with Gasteiger partial charge >= 0.3 is 0 Å². The Hall–Kier alpha value is -1.33. The Balaban J connectivity index is 0.000000845. The van der Waals surface area contributed by atoms with E-state index in [-0.39, 0.29) is 16.9 Å². The second kappa shape index (κ2) is 3.20. The van der Waals surface area contributed by atoms with E-state index < -0.39 is 4.92 Å². The Labute approximate surface area is 79.0 Å². The lowest BCUT2D eigenvalue weighted by molar-refractivity contribution is -0.384. The molecule has 0 aliphatic carbocycles. The van der Waals surface area contributed by atoms with Gasteiger partial charge in [-0.05, 0) is 6.07 Å². The molecule has 0 saturated carbocycles. The van der Waals surface area contributed by atoms with E-state index in [2.05, 4.69) is 0 Å². The Morgan fingerprint density at radius 1 is 1.54 bits per heavy atom. The minimum Gasteiger partial charge on any atom is -0.488 e. The first-order valence-electron chi connectivity index (χ1n) is 3.28. The lowest BCUT2D eigenvalue weighted by Crippen LogP contribution is -2.09. The predicted octanol–water partition coefficient (Wildman–Crippen LogP) is 2.30.